The summed E-state index contributed by atoms with van der Waals surface area (Å²) in [5.74, 6) is 2.29. The molecule has 0 fully saturated rings. The van der Waals surface area contributed by atoms with Gasteiger partial charge in [-0.25, -0.2) is 4.98 Å². The van der Waals surface area contributed by atoms with Gasteiger partial charge < -0.3 is 10.1 Å². The zero-order chi connectivity index (χ0) is 13.8. The zero-order valence-corrected chi connectivity index (χ0v) is 12.4. The molecule has 1 aromatic heterocycles. The molecular formula is C14H25N3O. The quantitative estimate of drug-likeness (QED) is 0.871. The van der Waals surface area contributed by atoms with Gasteiger partial charge in [0.15, 0.2) is 0 Å². The number of hydrogen-bond donors (Lipinski definition) is 1. The highest BCUT2D eigenvalue weighted by molar-refractivity contribution is 5.40. The second kappa shape index (κ2) is 6.03. The van der Waals surface area contributed by atoms with Crippen LogP contribution in [0.2, 0.25) is 0 Å². The van der Waals surface area contributed by atoms with E-state index in [0.717, 1.165) is 18.1 Å². The number of hydrogen-bond acceptors (Lipinski definition) is 4. The Balaban J connectivity index is 3.06. The molecule has 0 amide bonds. The van der Waals surface area contributed by atoms with Crippen LogP contribution < -0.4 is 10.1 Å². The van der Waals surface area contributed by atoms with Crippen molar-refractivity contribution >= 4 is 5.82 Å². The SMILES string of the molecule is CCOc1cc(NC(C)CC)nc(C(C)(C)C)n1. The Labute approximate surface area is 110 Å². The average Bonchev–Trinajstić information content (AvgIpc) is 2.27. The third-order valence-corrected chi connectivity index (χ3v) is 2.67. The molecule has 0 aliphatic carbocycles. The van der Waals surface area contributed by atoms with Gasteiger partial charge in [0.2, 0.25) is 5.88 Å². The summed E-state index contributed by atoms with van der Waals surface area (Å²) >= 11 is 0. The van der Waals surface area contributed by atoms with Crippen LogP contribution in [0.1, 0.15) is 53.8 Å². The van der Waals surface area contributed by atoms with Gasteiger partial charge in [0.25, 0.3) is 0 Å². The van der Waals surface area contributed by atoms with Crippen LogP contribution in [0.25, 0.3) is 0 Å². The summed E-state index contributed by atoms with van der Waals surface area (Å²) in [6.07, 6.45) is 1.05. The molecule has 0 aliphatic rings. The normalized spacial score (nSPS) is 13.2. The molecule has 0 radical (unpaired) electrons. The number of nitrogens with one attached hydrogen (secondary N) is 1. The predicted molar refractivity (Wildman–Crippen MR) is 75.3 cm³/mol. The van der Waals surface area contributed by atoms with E-state index in [1.165, 1.54) is 0 Å². The van der Waals surface area contributed by atoms with Crippen molar-refractivity contribution in [2.24, 2.45) is 0 Å². The van der Waals surface area contributed by atoms with E-state index in [-0.39, 0.29) is 5.41 Å². The molecule has 4 nitrogen and oxygen atoms in total. The van der Waals surface area contributed by atoms with Gasteiger partial charge in [-0.15, -0.1) is 0 Å². The summed E-state index contributed by atoms with van der Waals surface area (Å²) in [5, 5.41) is 3.37. The maximum atomic E-state index is 5.51. The molecule has 1 unspecified atom stereocenters. The summed E-state index contributed by atoms with van der Waals surface area (Å²) < 4.78 is 5.51. The average molecular weight is 251 g/mol. The predicted octanol–water partition coefficient (Wildman–Crippen LogP) is 3.38. The summed E-state index contributed by atoms with van der Waals surface area (Å²) in [6.45, 7) is 13.2. The lowest BCUT2D eigenvalue weighted by molar-refractivity contribution is 0.322. The third kappa shape index (κ3) is 4.17. The number of nitrogens with zero attached hydrogens (tertiary/aromatic N) is 2. The molecule has 0 aromatic carbocycles. The van der Waals surface area contributed by atoms with Crippen molar-refractivity contribution in [3.8, 4) is 5.88 Å². The number of rotatable bonds is 5. The largest absolute Gasteiger partial charge is 0.478 e. The van der Waals surface area contributed by atoms with Crippen molar-refractivity contribution in [1.82, 2.24) is 9.97 Å². The Morgan fingerprint density at radius 3 is 2.44 bits per heavy atom. The Bertz CT molecular complexity index is 385. The lowest BCUT2D eigenvalue weighted by Gasteiger charge is -2.20. The summed E-state index contributed by atoms with van der Waals surface area (Å²) in [5.41, 5.74) is -0.0843. The van der Waals surface area contributed by atoms with E-state index in [4.69, 9.17) is 4.74 Å². The topological polar surface area (TPSA) is 47.0 Å². The summed E-state index contributed by atoms with van der Waals surface area (Å²) in [6, 6.07) is 2.26. The molecule has 1 N–H and O–H groups in total. The van der Waals surface area contributed by atoms with Gasteiger partial charge in [0.1, 0.15) is 11.6 Å². The molecule has 1 rings (SSSR count). The fourth-order valence-corrected chi connectivity index (χ4v) is 1.41. The molecule has 0 saturated heterocycles. The monoisotopic (exact) mass is 251 g/mol. The first-order chi connectivity index (χ1) is 8.36. The third-order valence-electron chi connectivity index (χ3n) is 2.67. The maximum Gasteiger partial charge on any atom is 0.218 e. The van der Waals surface area contributed by atoms with Crippen molar-refractivity contribution in [3.05, 3.63) is 11.9 Å². The number of aromatic nitrogens is 2. The maximum absolute atomic E-state index is 5.51. The minimum atomic E-state index is -0.0843. The van der Waals surface area contributed by atoms with Crippen molar-refractivity contribution < 1.29 is 4.74 Å². The van der Waals surface area contributed by atoms with E-state index in [0.29, 0.717) is 18.5 Å². The lowest BCUT2D eigenvalue weighted by atomic mass is 9.96. The molecule has 0 aliphatic heterocycles. The second-order valence-corrected chi connectivity index (χ2v) is 5.55. The van der Waals surface area contributed by atoms with E-state index >= 15 is 0 Å². The fraction of sp³-hybridized carbons (Fsp3) is 0.714. The highest BCUT2D eigenvalue weighted by atomic mass is 16.5. The van der Waals surface area contributed by atoms with Crippen LogP contribution in [0.5, 0.6) is 5.88 Å². The Hall–Kier alpha value is -1.32. The van der Waals surface area contributed by atoms with Crippen LogP contribution in [0.3, 0.4) is 0 Å². The Kier molecular flexibility index (Phi) is 4.93. The first kappa shape index (κ1) is 14.7. The number of ether oxygens (including phenoxy) is 1. The lowest BCUT2D eigenvalue weighted by Crippen LogP contribution is -2.20. The van der Waals surface area contributed by atoms with Crippen LogP contribution >= 0.6 is 0 Å². The van der Waals surface area contributed by atoms with E-state index < -0.39 is 0 Å². The standard InChI is InChI=1S/C14H25N3O/c1-7-10(3)15-11-9-12(18-8-2)17-13(16-11)14(4,5)6/h9-10H,7-8H2,1-6H3,(H,15,16,17). The van der Waals surface area contributed by atoms with Gasteiger partial charge in [-0.05, 0) is 20.3 Å². The van der Waals surface area contributed by atoms with Crippen molar-refractivity contribution in [3.63, 3.8) is 0 Å². The van der Waals surface area contributed by atoms with Gasteiger partial charge in [-0.3, -0.25) is 0 Å². The van der Waals surface area contributed by atoms with Crippen LogP contribution in [0, 0.1) is 0 Å². The highest BCUT2D eigenvalue weighted by Crippen LogP contribution is 2.23. The van der Waals surface area contributed by atoms with E-state index in [9.17, 15) is 0 Å². The molecule has 0 bridgehead atoms. The Morgan fingerprint density at radius 2 is 1.94 bits per heavy atom. The van der Waals surface area contributed by atoms with Crippen molar-refractivity contribution in [2.75, 3.05) is 11.9 Å². The van der Waals surface area contributed by atoms with E-state index in [2.05, 4.69) is 49.9 Å². The van der Waals surface area contributed by atoms with Gasteiger partial charge in [-0.1, -0.05) is 27.7 Å². The minimum absolute atomic E-state index is 0.0843. The van der Waals surface area contributed by atoms with Crippen molar-refractivity contribution in [1.29, 1.82) is 0 Å². The fourth-order valence-electron chi connectivity index (χ4n) is 1.41. The molecule has 102 valence electrons. The molecule has 4 heteroatoms. The molecule has 0 saturated carbocycles. The van der Waals surface area contributed by atoms with E-state index in [1.807, 2.05) is 13.0 Å². The van der Waals surface area contributed by atoms with Gasteiger partial charge in [0, 0.05) is 17.5 Å². The molecule has 1 aromatic rings. The molecule has 18 heavy (non-hydrogen) atoms. The van der Waals surface area contributed by atoms with Gasteiger partial charge in [-0.2, -0.15) is 4.98 Å². The van der Waals surface area contributed by atoms with E-state index in [1.54, 1.807) is 0 Å². The molecule has 1 atom stereocenters. The van der Waals surface area contributed by atoms with Crippen LogP contribution in [-0.2, 0) is 5.41 Å². The first-order valence-electron chi connectivity index (χ1n) is 6.65. The second-order valence-electron chi connectivity index (χ2n) is 5.55. The van der Waals surface area contributed by atoms with Gasteiger partial charge in [0.05, 0.1) is 6.61 Å². The van der Waals surface area contributed by atoms with Crippen LogP contribution in [0.4, 0.5) is 5.82 Å². The highest BCUT2D eigenvalue weighted by Gasteiger charge is 2.19. The Morgan fingerprint density at radius 1 is 1.28 bits per heavy atom. The zero-order valence-electron chi connectivity index (χ0n) is 12.4. The van der Waals surface area contributed by atoms with Gasteiger partial charge >= 0.3 is 0 Å². The number of anilines is 1. The summed E-state index contributed by atoms with van der Waals surface area (Å²) in [4.78, 5) is 9.03. The molecule has 0 spiro atoms. The van der Waals surface area contributed by atoms with Crippen LogP contribution in [-0.4, -0.2) is 22.6 Å². The molecule has 1 heterocycles. The molecular weight excluding hydrogens is 226 g/mol. The summed E-state index contributed by atoms with van der Waals surface area (Å²) in [7, 11) is 0. The van der Waals surface area contributed by atoms with Crippen molar-refractivity contribution in [2.45, 2.75) is 59.4 Å². The smallest absolute Gasteiger partial charge is 0.218 e. The van der Waals surface area contributed by atoms with Crippen LogP contribution in [0.15, 0.2) is 6.07 Å². The first-order valence-corrected chi connectivity index (χ1v) is 6.65. The minimum Gasteiger partial charge on any atom is -0.478 e.